The highest BCUT2D eigenvalue weighted by Gasteiger charge is 2.40. The standard InChI is InChI=1S/C13H20N4O4/c1-15(11(19)13(14)4-5-21-8-13)6-9-7-16(2)12(20)17(3)10(9)18/h7H,4-6,8,14H2,1-3H3. The van der Waals surface area contributed by atoms with E-state index in [0.717, 1.165) is 4.57 Å². The third kappa shape index (κ3) is 2.77. The highest BCUT2D eigenvalue weighted by atomic mass is 16.5. The molecule has 1 saturated heterocycles. The number of hydrogen-bond acceptors (Lipinski definition) is 5. The molecule has 0 aromatic carbocycles. The highest BCUT2D eigenvalue weighted by molar-refractivity contribution is 5.86. The van der Waals surface area contributed by atoms with Crippen LogP contribution in [-0.2, 0) is 30.2 Å². The number of likely N-dealkylation sites (N-methyl/N-ethyl adjacent to an activating group) is 1. The molecule has 2 N–H and O–H groups in total. The predicted molar refractivity (Wildman–Crippen MR) is 75.8 cm³/mol. The Labute approximate surface area is 121 Å². The zero-order valence-corrected chi connectivity index (χ0v) is 12.5. The van der Waals surface area contributed by atoms with Gasteiger partial charge in [-0.25, -0.2) is 4.79 Å². The van der Waals surface area contributed by atoms with Gasteiger partial charge in [-0.3, -0.25) is 14.2 Å². The Morgan fingerprint density at radius 3 is 2.71 bits per heavy atom. The van der Waals surface area contributed by atoms with Crippen molar-refractivity contribution in [2.24, 2.45) is 19.8 Å². The number of carbonyl (C=O) groups is 1. The van der Waals surface area contributed by atoms with E-state index in [0.29, 0.717) is 18.6 Å². The SMILES string of the molecule is CN(Cc1cn(C)c(=O)n(C)c1=O)C(=O)C1(N)CCOC1. The molecule has 21 heavy (non-hydrogen) atoms. The first kappa shape index (κ1) is 15.5. The largest absolute Gasteiger partial charge is 0.379 e. The van der Waals surface area contributed by atoms with Gasteiger partial charge < -0.3 is 19.9 Å². The first-order valence-electron chi connectivity index (χ1n) is 6.64. The van der Waals surface area contributed by atoms with Crippen molar-refractivity contribution < 1.29 is 9.53 Å². The van der Waals surface area contributed by atoms with Crippen molar-refractivity contribution >= 4 is 5.91 Å². The molecule has 2 rings (SSSR count). The second-order valence-corrected chi connectivity index (χ2v) is 5.53. The summed E-state index contributed by atoms with van der Waals surface area (Å²) < 4.78 is 7.51. The zero-order valence-electron chi connectivity index (χ0n) is 12.5. The van der Waals surface area contributed by atoms with Crippen LogP contribution in [0.2, 0.25) is 0 Å². The van der Waals surface area contributed by atoms with Crippen LogP contribution >= 0.6 is 0 Å². The number of ether oxygens (including phenoxy) is 1. The average molecular weight is 296 g/mol. The van der Waals surface area contributed by atoms with Crippen LogP contribution in [0.25, 0.3) is 0 Å². The molecule has 1 aliphatic heterocycles. The Morgan fingerprint density at radius 1 is 1.48 bits per heavy atom. The average Bonchev–Trinajstić information content (AvgIpc) is 2.89. The van der Waals surface area contributed by atoms with Crippen LogP contribution in [0, 0.1) is 0 Å². The quantitative estimate of drug-likeness (QED) is 0.706. The maximum absolute atomic E-state index is 12.4. The molecule has 116 valence electrons. The Bertz CT molecular complexity index is 670. The van der Waals surface area contributed by atoms with Gasteiger partial charge in [0.1, 0.15) is 5.54 Å². The van der Waals surface area contributed by atoms with Crippen molar-refractivity contribution in [1.29, 1.82) is 0 Å². The maximum Gasteiger partial charge on any atom is 0.330 e. The molecule has 1 aliphatic rings. The van der Waals surface area contributed by atoms with Gasteiger partial charge in [-0.15, -0.1) is 0 Å². The molecule has 0 radical (unpaired) electrons. The number of aryl methyl sites for hydroxylation is 1. The maximum atomic E-state index is 12.4. The van der Waals surface area contributed by atoms with E-state index in [2.05, 4.69) is 0 Å². The van der Waals surface area contributed by atoms with Gasteiger partial charge in [-0.1, -0.05) is 0 Å². The summed E-state index contributed by atoms with van der Waals surface area (Å²) in [5, 5.41) is 0. The van der Waals surface area contributed by atoms with E-state index < -0.39 is 16.8 Å². The fourth-order valence-electron chi connectivity index (χ4n) is 2.45. The second kappa shape index (κ2) is 5.45. The molecular formula is C13H20N4O4. The van der Waals surface area contributed by atoms with E-state index in [4.69, 9.17) is 10.5 Å². The van der Waals surface area contributed by atoms with Crippen molar-refractivity contribution in [2.45, 2.75) is 18.5 Å². The first-order valence-corrected chi connectivity index (χ1v) is 6.64. The second-order valence-electron chi connectivity index (χ2n) is 5.53. The molecular weight excluding hydrogens is 276 g/mol. The molecule has 1 fully saturated rings. The first-order chi connectivity index (χ1) is 9.76. The fraction of sp³-hybridized carbons (Fsp3) is 0.615. The molecule has 0 saturated carbocycles. The summed E-state index contributed by atoms with van der Waals surface area (Å²) in [6, 6.07) is 0. The van der Waals surface area contributed by atoms with Gasteiger partial charge in [0.05, 0.1) is 18.7 Å². The summed E-state index contributed by atoms with van der Waals surface area (Å²) in [5.41, 5.74) is 4.54. The van der Waals surface area contributed by atoms with E-state index in [1.807, 2.05) is 0 Å². The summed E-state index contributed by atoms with van der Waals surface area (Å²) >= 11 is 0. The number of nitrogens with zero attached hydrogens (tertiary/aromatic N) is 3. The fourth-order valence-corrected chi connectivity index (χ4v) is 2.45. The van der Waals surface area contributed by atoms with Crippen LogP contribution < -0.4 is 17.0 Å². The predicted octanol–water partition coefficient (Wildman–Crippen LogP) is -1.84. The Hall–Kier alpha value is -1.93. The molecule has 1 amide bonds. The van der Waals surface area contributed by atoms with Crippen molar-refractivity contribution in [3.8, 4) is 0 Å². The lowest BCUT2D eigenvalue weighted by Gasteiger charge is -2.27. The molecule has 1 atom stereocenters. The summed E-state index contributed by atoms with van der Waals surface area (Å²) in [5.74, 6) is -0.268. The van der Waals surface area contributed by atoms with Gasteiger partial charge in [0.2, 0.25) is 5.91 Å². The summed E-state index contributed by atoms with van der Waals surface area (Å²) in [6.45, 7) is 0.734. The number of amides is 1. The molecule has 0 aliphatic carbocycles. The van der Waals surface area contributed by atoms with Crippen LogP contribution in [-0.4, -0.2) is 45.7 Å². The summed E-state index contributed by atoms with van der Waals surface area (Å²) in [6.07, 6.45) is 1.91. The smallest absolute Gasteiger partial charge is 0.330 e. The van der Waals surface area contributed by atoms with Crippen LogP contribution in [0.1, 0.15) is 12.0 Å². The van der Waals surface area contributed by atoms with Gasteiger partial charge in [0.25, 0.3) is 5.56 Å². The van der Waals surface area contributed by atoms with Crippen LogP contribution in [0.3, 0.4) is 0 Å². The van der Waals surface area contributed by atoms with Crippen molar-refractivity contribution in [2.75, 3.05) is 20.3 Å². The van der Waals surface area contributed by atoms with Crippen LogP contribution in [0.5, 0.6) is 0 Å². The van der Waals surface area contributed by atoms with Gasteiger partial charge in [-0.2, -0.15) is 0 Å². The lowest BCUT2D eigenvalue weighted by atomic mass is 9.98. The number of carbonyl (C=O) groups excluding carboxylic acids is 1. The number of nitrogens with two attached hydrogens (primary N) is 1. The van der Waals surface area contributed by atoms with E-state index in [1.54, 1.807) is 14.1 Å². The monoisotopic (exact) mass is 296 g/mol. The van der Waals surface area contributed by atoms with Crippen molar-refractivity contribution in [1.82, 2.24) is 14.0 Å². The number of aromatic nitrogens is 2. The summed E-state index contributed by atoms with van der Waals surface area (Å²) in [7, 11) is 4.55. The van der Waals surface area contributed by atoms with Crippen LogP contribution in [0.4, 0.5) is 0 Å². The normalized spacial score (nSPS) is 21.5. The van der Waals surface area contributed by atoms with E-state index in [-0.39, 0.29) is 19.1 Å². The van der Waals surface area contributed by atoms with Gasteiger partial charge in [0, 0.05) is 33.9 Å². The Balaban J connectivity index is 2.24. The lowest BCUT2D eigenvalue weighted by molar-refractivity contribution is -0.136. The minimum atomic E-state index is -1.03. The zero-order chi connectivity index (χ0) is 15.8. The van der Waals surface area contributed by atoms with Gasteiger partial charge in [-0.05, 0) is 6.42 Å². The molecule has 0 spiro atoms. The van der Waals surface area contributed by atoms with E-state index in [9.17, 15) is 14.4 Å². The highest BCUT2D eigenvalue weighted by Crippen LogP contribution is 2.18. The molecule has 0 bridgehead atoms. The Kier molecular flexibility index (Phi) is 4.02. The molecule has 8 heteroatoms. The molecule has 1 unspecified atom stereocenters. The minimum Gasteiger partial charge on any atom is -0.379 e. The molecule has 1 aromatic heterocycles. The number of rotatable bonds is 3. The van der Waals surface area contributed by atoms with Crippen molar-refractivity contribution in [3.63, 3.8) is 0 Å². The topological polar surface area (TPSA) is 99.6 Å². The van der Waals surface area contributed by atoms with Crippen LogP contribution in [0.15, 0.2) is 15.8 Å². The Morgan fingerprint density at radius 2 is 2.14 bits per heavy atom. The third-order valence-corrected chi connectivity index (χ3v) is 3.75. The van der Waals surface area contributed by atoms with E-state index in [1.165, 1.54) is 22.7 Å². The summed E-state index contributed by atoms with van der Waals surface area (Å²) in [4.78, 5) is 37.4. The minimum absolute atomic E-state index is 0.0958. The molecule has 2 heterocycles. The van der Waals surface area contributed by atoms with Gasteiger partial charge in [0.15, 0.2) is 0 Å². The van der Waals surface area contributed by atoms with E-state index >= 15 is 0 Å². The lowest BCUT2D eigenvalue weighted by Crippen LogP contribution is -2.55. The van der Waals surface area contributed by atoms with Gasteiger partial charge >= 0.3 is 5.69 Å². The van der Waals surface area contributed by atoms with Crippen molar-refractivity contribution in [3.05, 3.63) is 32.6 Å². The molecule has 8 nitrogen and oxygen atoms in total. The third-order valence-electron chi connectivity index (χ3n) is 3.75. The molecule has 1 aromatic rings. The number of hydrogen-bond donors (Lipinski definition) is 1.